The number of hydrogen-bond donors (Lipinski definition) is 1. The lowest BCUT2D eigenvalue weighted by molar-refractivity contribution is -0.0277. The van der Waals surface area contributed by atoms with Crippen molar-refractivity contribution >= 4 is 16.5 Å². The van der Waals surface area contributed by atoms with Crippen molar-refractivity contribution in [1.82, 2.24) is 4.98 Å². The predicted octanol–water partition coefficient (Wildman–Crippen LogP) is 1.78. The second kappa shape index (κ2) is 4.92. The van der Waals surface area contributed by atoms with Crippen LogP contribution in [-0.2, 0) is 17.7 Å². The Kier molecular flexibility index (Phi) is 3.70. The maximum Gasteiger partial charge on any atom is 0.186 e. The molecular weight excluding hydrogens is 234 g/mol. The molecule has 0 spiro atoms. The number of aryl methyl sites for hydroxylation is 1. The molecular formula is C12H21N3OS. The van der Waals surface area contributed by atoms with Gasteiger partial charge in [-0.15, -0.1) is 11.3 Å². The fourth-order valence-electron chi connectivity index (χ4n) is 2.12. The number of morpholine rings is 1. The zero-order valence-corrected chi connectivity index (χ0v) is 11.6. The fraction of sp³-hybridized carbons (Fsp3) is 0.750. The Balaban J connectivity index is 2.19. The highest BCUT2D eigenvalue weighted by Crippen LogP contribution is 2.29. The molecule has 0 atom stereocenters. The number of thiazole rings is 1. The smallest absolute Gasteiger partial charge is 0.186 e. The first-order valence-corrected chi connectivity index (χ1v) is 6.95. The third-order valence-electron chi connectivity index (χ3n) is 2.98. The molecule has 1 aliphatic heterocycles. The van der Waals surface area contributed by atoms with E-state index in [1.165, 1.54) is 4.88 Å². The number of aromatic nitrogens is 1. The highest BCUT2D eigenvalue weighted by Gasteiger charge is 2.29. The lowest BCUT2D eigenvalue weighted by Crippen LogP contribution is -2.48. The van der Waals surface area contributed by atoms with Crippen LogP contribution >= 0.6 is 11.3 Å². The molecule has 4 nitrogen and oxygen atoms in total. The van der Waals surface area contributed by atoms with Crippen molar-refractivity contribution in [3.8, 4) is 0 Å². The second-order valence-corrected chi connectivity index (χ2v) is 6.02. The van der Waals surface area contributed by atoms with Crippen LogP contribution in [0.2, 0.25) is 0 Å². The van der Waals surface area contributed by atoms with Gasteiger partial charge in [-0.25, -0.2) is 4.98 Å². The largest absolute Gasteiger partial charge is 0.372 e. The zero-order chi connectivity index (χ0) is 12.5. The molecule has 0 unspecified atom stereocenters. The Morgan fingerprint density at radius 1 is 1.53 bits per heavy atom. The molecule has 0 amide bonds. The van der Waals surface area contributed by atoms with Crippen molar-refractivity contribution in [3.05, 3.63) is 10.6 Å². The van der Waals surface area contributed by atoms with E-state index < -0.39 is 0 Å². The van der Waals surface area contributed by atoms with E-state index in [9.17, 15) is 0 Å². The van der Waals surface area contributed by atoms with E-state index in [0.29, 0.717) is 6.54 Å². The number of nitrogens with two attached hydrogens (primary N) is 1. The Morgan fingerprint density at radius 2 is 2.29 bits per heavy atom. The van der Waals surface area contributed by atoms with E-state index in [-0.39, 0.29) is 5.60 Å². The molecule has 1 fully saturated rings. The molecule has 0 saturated carbocycles. The third-order valence-corrected chi connectivity index (χ3v) is 4.16. The molecule has 1 aliphatic rings. The summed E-state index contributed by atoms with van der Waals surface area (Å²) >= 11 is 1.73. The van der Waals surface area contributed by atoms with Gasteiger partial charge in [-0.2, -0.15) is 0 Å². The van der Waals surface area contributed by atoms with Crippen LogP contribution in [0.25, 0.3) is 0 Å². The van der Waals surface area contributed by atoms with Crippen LogP contribution in [-0.4, -0.2) is 30.3 Å². The van der Waals surface area contributed by atoms with Crippen molar-refractivity contribution in [1.29, 1.82) is 0 Å². The molecule has 1 aromatic rings. The monoisotopic (exact) mass is 255 g/mol. The number of rotatable bonds is 3. The average molecular weight is 255 g/mol. The molecule has 0 bridgehead atoms. The summed E-state index contributed by atoms with van der Waals surface area (Å²) in [5.41, 5.74) is 6.82. The van der Waals surface area contributed by atoms with E-state index >= 15 is 0 Å². The third kappa shape index (κ3) is 2.78. The van der Waals surface area contributed by atoms with E-state index in [2.05, 4.69) is 25.7 Å². The predicted molar refractivity (Wildman–Crippen MR) is 71.6 cm³/mol. The van der Waals surface area contributed by atoms with Gasteiger partial charge in [-0.3, -0.25) is 0 Å². The van der Waals surface area contributed by atoms with Crippen LogP contribution in [0, 0.1) is 0 Å². The standard InChI is InChI=1S/C12H21N3OS/c1-4-9-10(7-13)17-11(14-9)15-5-6-16-12(2,3)8-15/h4-8,13H2,1-3H3. The summed E-state index contributed by atoms with van der Waals surface area (Å²) in [6, 6.07) is 0. The Morgan fingerprint density at radius 3 is 2.82 bits per heavy atom. The van der Waals surface area contributed by atoms with E-state index in [1.807, 2.05) is 0 Å². The van der Waals surface area contributed by atoms with Crippen LogP contribution in [0.5, 0.6) is 0 Å². The van der Waals surface area contributed by atoms with Crippen LogP contribution in [0.4, 0.5) is 5.13 Å². The SMILES string of the molecule is CCc1nc(N2CCOC(C)(C)C2)sc1CN. The fourth-order valence-corrected chi connectivity index (χ4v) is 3.17. The molecule has 17 heavy (non-hydrogen) atoms. The van der Waals surface area contributed by atoms with Crippen molar-refractivity contribution in [3.63, 3.8) is 0 Å². The van der Waals surface area contributed by atoms with Crippen LogP contribution in [0.1, 0.15) is 31.3 Å². The van der Waals surface area contributed by atoms with Gasteiger partial charge in [-0.05, 0) is 20.3 Å². The van der Waals surface area contributed by atoms with Gasteiger partial charge in [0.15, 0.2) is 5.13 Å². The van der Waals surface area contributed by atoms with Gasteiger partial charge < -0.3 is 15.4 Å². The van der Waals surface area contributed by atoms with Gasteiger partial charge >= 0.3 is 0 Å². The molecule has 1 aromatic heterocycles. The highest BCUT2D eigenvalue weighted by atomic mass is 32.1. The second-order valence-electron chi connectivity index (χ2n) is 4.95. The molecule has 2 N–H and O–H groups in total. The lowest BCUT2D eigenvalue weighted by atomic mass is 10.1. The molecule has 2 heterocycles. The van der Waals surface area contributed by atoms with Crippen LogP contribution < -0.4 is 10.6 Å². The molecule has 0 aliphatic carbocycles. The van der Waals surface area contributed by atoms with E-state index in [4.69, 9.17) is 15.5 Å². The Hall–Kier alpha value is -0.650. The number of anilines is 1. The zero-order valence-electron chi connectivity index (χ0n) is 10.8. The van der Waals surface area contributed by atoms with E-state index in [0.717, 1.165) is 36.9 Å². The first-order valence-electron chi connectivity index (χ1n) is 6.13. The minimum absolute atomic E-state index is 0.0842. The van der Waals surface area contributed by atoms with Crippen LogP contribution in [0.15, 0.2) is 0 Å². The maximum absolute atomic E-state index is 5.75. The van der Waals surface area contributed by atoms with Crippen molar-refractivity contribution in [2.75, 3.05) is 24.6 Å². The van der Waals surface area contributed by atoms with E-state index in [1.54, 1.807) is 11.3 Å². The molecule has 0 radical (unpaired) electrons. The van der Waals surface area contributed by atoms with Gasteiger partial charge in [0.1, 0.15) is 0 Å². The van der Waals surface area contributed by atoms with Gasteiger partial charge in [0, 0.05) is 24.5 Å². The Labute approximate surface area is 107 Å². The minimum atomic E-state index is -0.0842. The lowest BCUT2D eigenvalue weighted by Gasteiger charge is -2.38. The number of ether oxygens (including phenoxy) is 1. The first-order chi connectivity index (χ1) is 8.05. The summed E-state index contributed by atoms with van der Waals surface area (Å²) in [7, 11) is 0. The van der Waals surface area contributed by atoms with Gasteiger partial charge in [0.2, 0.25) is 0 Å². The highest BCUT2D eigenvalue weighted by molar-refractivity contribution is 7.15. The van der Waals surface area contributed by atoms with Gasteiger partial charge in [0.05, 0.1) is 17.9 Å². The van der Waals surface area contributed by atoms with Crippen LogP contribution in [0.3, 0.4) is 0 Å². The summed E-state index contributed by atoms with van der Waals surface area (Å²) in [5, 5.41) is 1.10. The molecule has 5 heteroatoms. The summed E-state index contributed by atoms with van der Waals surface area (Å²) in [6.07, 6.45) is 0.955. The molecule has 2 rings (SSSR count). The Bertz CT molecular complexity index is 368. The molecule has 96 valence electrons. The molecule has 1 saturated heterocycles. The summed E-state index contributed by atoms with van der Waals surface area (Å²) in [6.45, 7) is 9.55. The number of nitrogens with zero attached hydrogens (tertiary/aromatic N) is 2. The van der Waals surface area contributed by atoms with Crippen molar-refractivity contribution < 1.29 is 4.74 Å². The summed E-state index contributed by atoms with van der Waals surface area (Å²) < 4.78 is 5.72. The summed E-state index contributed by atoms with van der Waals surface area (Å²) in [4.78, 5) is 8.22. The topological polar surface area (TPSA) is 51.4 Å². The van der Waals surface area contributed by atoms with Crippen molar-refractivity contribution in [2.45, 2.75) is 39.3 Å². The quantitative estimate of drug-likeness (QED) is 0.894. The first kappa shape index (κ1) is 12.8. The van der Waals surface area contributed by atoms with Gasteiger partial charge in [-0.1, -0.05) is 6.92 Å². The summed E-state index contributed by atoms with van der Waals surface area (Å²) in [5.74, 6) is 0. The van der Waals surface area contributed by atoms with Gasteiger partial charge in [0.25, 0.3) is 0 Å². The molecule has 0 aromatic carbocycles. The number of hydrogen-bond acceptors (Lipinski definition) is 5. The normalized spacial score (nSPS) is 19.6. The van der Waals surface area contributed by atoms with Crippen molar-refractivity contribution in [2.24, 2.45) is 5.73 Å². The average Bonchev–Trinajstić information content (AvgIpc) is 2.70. The maximum atomic E-state index is 5.75. The minimum Gasteiger partial charge on any atom is -0.372 e.